The van der Waals surface area contributed by atoms with Gasteiger partial charge >= 0.3 is 0 Å². The second-order valence-corrected chi connectivity index (χ2v) is 12.2. The van der Waals surface area contributed by atoms with Gasteiger partial charge in [-0.1, -0.05) is 63.3 Å². The van der Waals surface area contributed by atoms with Gasteiger partial charge in [-0.3, -0.25) is 0 Å². The van der Waals surface area contributed by atoms with Gasteiger partial charge in [0.1, 0.15) is 0 Å². The molecule has 0 fully saturated rings. The molecule has 1 aliphatic rings. The fourth-order valence-electron chi connectivity index (χ4n) is 2.49. The normalized spacial score (nSPS) is 23.2. The largest absolute Gasteiger partial charge is 0.416 e. The minimum atomic E-state index is -1.64. The highest BCUT2D eigenvalue weighted by Crippen LogP contribution is 2.39. The zero-order chi connectivity index (χ0) is 14.8. The summed E-state index contributed by atoms with van der Waals surface area (Å²) in [5, 5.41) is 0.289. The van der Waals surface area contributed by atoms with Gasteiger partial charge in [-0.25, -0.2) is 0 Å². The predicted molar refractivity (Wildman–Crippen MR) is 89.6 cm³/mol. The maximum absolute atomic E-state index is 6.42. The Labute approximate surface area is 125 Å². The molecule has 20 heavy (non-hydrogen) atoms. The van der Waals surface area contributed by atoms with Crippen molar-refractivity contribution in [2.24, 2.45) is 5.92 Å². The third-order valence-corrected chi connectivity index (χ3v) is 9.46. The molecule has 1 nitrogen and oxygen atoms in total. The number of rotatable bonds is 4. The Morgan fingerprint density at radius 3 is 2.40 bits per heavy atom. The van der Waals surface area contributed by atoms with E-state index in [1.807, 2.05) is 0 Å². The van der Waals surface area contributed by atoms with Crippen LogP contribution in [0.5, 0.6) is 0 Å². The Balaban J connectivity index is 2.01. The van der Waals surface area contributed by atoms with Crippen LogP contribution in [0.15, 0.2) is 42.5 Å². The molecule has 0 amide bonds. The lowest BCUT2D eigenvalue weighted by Crippen LogP contribution is -2.42. The van der Waals surface area contributed by atoms with Crippen LogP contribution in [0, 0.1) is 5.92 Å². The van der Waals surface area contributed by atoms with E-state index >= 15 is 0 Å². The van der Waals surface area contributed by atoms with Crippen LogP contribution in [0.3, 0.4) is 0 Å². The molecule has 0 bridgehead atoms. The van der Waals surface area contributed by atoms with Crippen molar-refractivity contribution in [3.05, 3.63) is 48.0 Å². The van der Waals surface area contributed by atoms with Gasteiger partial charge in [-0.15, -0.1) is 0 Å². The minimum Gasteiger partial charge on any atom is -0.416 e. The number of hydrogen-bond acceptors (Lipinski definition) is 1. The molecule has 0 radical (unpaired) electrons. The van der Waals surface area contributed by atoms with Crippen LogP contribution < -0.4 is 0 Å². The molecule has 2 rings (SSSR count). The summed E-state index contributed by atoms with van der Waals surface area (Å²) < 4.78 is 6.42. The zero-order valence-corrected chi connectivity index (χ0v) is 14.5. The second-order valence-electron chi connectivity index (χ2n) is 7.42. The van der Waals surface area contributed by atoms with Crippen molar-refractivity contribution in [3.63, 3.8) is 0 Å². The molecule has 0 heterocycles. The first kappa shape index (κ1) is 15.5. The van der Waals surface area contributed by atoms with Gasteiger partial charge in [-0.2, -0.15) is 0 Å². The van der Waals surface area contributed by atoms with E-state index in [0.717, 1.165) is 13.0 Å². The van der Waals surface area contributed by atoms with E-state index in [2.05, 4.69) is 76.3 Å². The van der Waals surface area contributed by atoms with Gasteiger partial charge in [0.05, 0.1) is 0 Å². The molecular formula is C18H28OSi. The summed E-state index contributed by atoms with van der Waals surface area (Å²) in [6.07, 6.45) is 5.82. The van der Waals surface area contributed by atoms with Crippen LogP contribution in [-0.4, -0.2) is 14.9 Å². The third kappa shape index (κ3) is 3.42. The van der Waals surface area contributed by atoms with Gasteiger partial charge < -0.3 is 4.43 Å². The van der Waals surface area contributed by atoms with E-state index in [4.69, 9.17) is 4.43 Å². The van der Waals surface area contributed by atoms with Crippen molar-refractivity contribution in [1.82, 2.24) is 0 Å². The summed E-state index contributed by atoms with van der Waals surface area (Å²) in [5.74, 6) is 1.13. The predicted octanol–water partition coefficient (Wildman–Crippen LogP) is 5.37. The molecule has 0 spiro atoms. The average molecular weight is 289 g/mol. The molecule has 1 aromatic rings. The molecule has 0 aromatic heterocycles. The van der Waals surface area contributed by atoms with Crippen molar-refractivity contribution in [2.75, 3.05) is 6.61 Å². The van der Waals surface area contributed by atoms with Gasteiger partial charge in [0.25, 0.3) is 0 Å². The Morgan fingerprint density at radius 1 is 1.15 bits per heavy atom. The first-order valence-corrected chi connectivity index (χ1v) is 10.6. The van der Waals surface area contributed by atoms with Gasteiger partial charge in [0.15, 0.2) is 8.32 Å². The Bertz CT molecular complexity index is 456. The third-order valence-electron chi connectivity index (χ3n) is 4.96. The summed E-state index contributed by atoms with van der Waals surface area (Å²) in [5.41, 5.74) is 1.45. The van der Waals surface area contributed by atoms with E-state index < -0.39 is 8.32 Å². The first-order valence-electron chi connectivity index (χ1n) is 7.67. The molecule has 0 saturated heterocycles. The van der Waals surface area contributed by atoms with Crippen molar-refractivity contribution in [3.8, 4) is 0 Å². The molecule has 2 atom stereocenters. The second kappa shape index (κ2) is 5.86. The molecule has 1 aliphatic carbocycles. The molecule has 0 N–H and O–H groups in total. The van der Waals surface area contributed by atoms with Crippen LogP contribution >= 0.6 is 0 Å². The van der Waals surface area contributed by atoms with Crippen molar-refractivity contribution in [2.45, 2.75) is 51.2 Å². The van der Waals surface area contributed by atoms with Gasteiger partial charge in [0.2, 0.25) is 0 Å². The van der Waals surface area contributed by atoms with Crippen molar-refractivity contribution in [1.29, 1.82) is 0 Å². The smallest absolute Gasteiger partial charge is 0.192 e. The monoisotopic (exact) mass is 288 g/mol. The summed E-state index contributed by atoms with van der Waals surface area (Å²) in [7, 11) is -1.64. The zero-order valence-electron chi connectivity index (χ0n) is 13.5. The van der Waals surface area contributed by atoms with E-state index in [1.54, 1.807) is 0 Å². The lowest BCUT2D eigenvalue weighted by atomic mass is 9.89. The molecule has 0 unspecified atom stereocenters. The first-order chi connectivity index (χ1) is 9.31. The maximum atomic E-state index is 6.42. The topological polar surface area (TPSA) is 9.23 Å². The van der Waals surface area contributed by atoms with Crippen molar-refractivity contribution < 1.29 is 4.43 Å². The standard InChI is InChI=1S/C18H28OSi/c1-18(2,3)20(4,5)19-14-16-12-9-13-17(16)15-10-7-6-8-11-15/h6-12,16-17H,13-14H2,1-5H3/t16-,17-/m1/s1. The molecular weight excluding hydrogens is 260 g/mol. The van der Waals surface area contributed by atoms with E-state index in [9.17, 15) is 0 Å². The number of benzene rings is 1. The highest BCUT2D eigenvalue weighted by molar-refractivity contribution is 6.74. The van der Waals surface area contributed by atoms with Crippen LogP contribution in [0.2, 0.25) is 18.1 Å². The van der Waals surface area contributed by atoms with Crippen LogP contribution in [0.4, 0.5) is 0 Å². The van der Waals surface area contributed by atoms with Gasteiger partial charge in [-0.05, 0) is 36.0 Å². The number of allylic oxidation sites excluding steroid dienone is 1. The summed E-state index contributed by atoms with van der Waals surface area (Å²) >= 11 is 0. The van der Waals surface area contributed by atoms with Crippen molar-refractivity contribution >= 4 is 8.32 Å². The lowest BCUT2D eigenvalue weighted by Gasteiger charge is -2.37. The summed E-state index contributed by atoms with van der Waals surface area (Å²) in [6, 6.07) is 10.9. The highest BCUT2D eigenvalue weighted by Gasteiger charge is 2.38. The van der Waals surface area contributed by atoms with E-state index in [1.165, 1.54) is 5.56 Å². The minimum absolute atomic E-state index is 0.289. The van der Waals surface area contributed by atoms with Crippen LogP contribution in [0.1, 0.15) is 38.7 Å². The molecule has 1 aromatic carbocycles. The maximum Gasteiger partial charge on any atom is 0.192 e. The van der Waals surface area contributed by atoms with Gasteiger partial charge in [0, 0.05) is 12.5 Å². The molecule has 0 aliphatic heterocycles. The van der Waals surface area contributed by atoms with E-state index in [0.29, 0.717) is 11.8 Å². The molecule has 0 saturated carbocycles. The Kier molecular flexibility index (Phi) is 4.55. The Hall–Kier alpha value is -0.863. The average Bonchev–Trinajstić information content (AvgIpc) is 2.84. The fourth-order valence-corrected chi connectivity index (χ4v) is 3.53. The lowest BCUT2D eigenvalue weighted by molar-refractivity contribution is 0.239. The Morgan fingerprint density at radius 2 is 1.80 bits per heavy atom. The van der Waals surface area contributed by atoms with E-state index in [-0.39, 0.29) is 5.04 Å². The van der Waals surface area contributed by atoms with Crippen LogP contribution in [0.25, 0.3) is 0 Å². The summed E-state index contributed by atoms with van der Waals surface area (Å²) in [6.45, 7) is 12.5. The van der Waals surface area contributed by atoms with Crippen LogP contribution in [-0.2, 0) is 4.43 Å². The number of hydrogen-bond donors (Lipinski definition) is 0. The SMILES string of the molecule is CC(C)(C)[Si](C)(C)OC[C@H]1C=CC[C@@H]1c1ccccc1. The quantitative estimate of drug-likeness (QED) is 0.535. The molecule has 110 valence electrons. The molecule has 2 heteroatoms. The summed E-state index contributed by atoms with van der Waals surface area (Å²) in [4.78, 5) is 0. The highest BCUT2D eigenvalue weighted by atomic mass is 28.4. The fraction of sp³-hybridized carbons (Fsp3) is 0.556.